The Hall–Kier alpha value is -1.49. The second kappa shape index (κ2) is 4.79. The van der Waals surface area contributed by atoms with Crippen molar-refractivity contribution >= 4 is 5.91 Å². The number of piperidine rings is 1. The summed E-state index contributed by atoms with van der Waals surface area (Å²) in [7, 11) is 0. The fraction of sp³-hybridized carbons (Fsp3) is 0.417. The maximum Gasteiger partial charge on any atom is 0.234 e. The van der Waals surface area contributed by atoms with Crippen LogP contribution in [0.25, 0.3) is 0 Å². The minimum absolute atomic E-state index is 0.0452. The average Bonchev–Trinajstić information content (AvgIpc) is 2.33. The van der Waals surface area contributed by atoms with Gasteiger partial charge in [0.2, 0.25) is 5.91 Å². The lowest BCUT2D eigenvalue weighted by Crippen LogP contribution is -2.46. The molecule has 92 valence electrons. The quantitative estimate of drug-likeness (QED) is 0.818. The van der Waals surface area contributed by atoms with Gasteiger partial charge >= 0.3 is 0 Å². The lowest BCUT2D eigenvalue weighted by molar-refractivity contribution is -0.120. The predicted molar refractivity (Wildman–Crippen MR) is 59.3 cm³/mol. The molecule has 3 N–H and O–H groups in total. The first-order valence-electron chi connectivity index (χ1n) is 5.55. The summed E-state index contributed by atoms with van der Waals surface area (Å²) in [5, 5.41) is 3.00. The van der Waals surface area contributed by atoms with E-state index in [0.29, 0.717) is 13.0 Å². The number of nitrogens with two attached hydrogens (primary N) is 1. The van der Waals surface area contributed by atoms with Crippen LogP contribution in [-0.2, 0) is 4.79 Å². The van der Waals surface area contributed by atoms with E-state index in [1.165, 1.54) is 6.07 Å². The van der Waals surface area contributed by atoms with Gasteiger partial charge in [0.25, 0.3) is 0 Å². The molecule has 0 aromatic heterocycles. The molecule has 5 heteroatoms. The molecular weight excluding hydrogens is 226 g/mol. The molecule has 1 fully saturated rings. The third-order valence-corrected chi connectivity index (χ3v) is 3.16. The highest BCUT2D eigenvalue weighted by Crippen LogP contribution is 2.28. The lowest BCUT2D eigenvalue weighted by Gasteiger charge is -2.28. The Morgan fingerprint density at radius 1 is 1.35 bits per heavy atom. The van der Waals surface area contributed by atoms with Gasteiger partial charge in [-0.05, 0) is 43.0 Å². The van der Waals surface area contributed by atoms with Crippen molar-refractivity contribution in [3.8, 4) is 0 Å². The zero-order valence-corrected chi connectivity index (χ0v) is 9.25. The van der Waals surface area contributed by atoms with E-state index in [2.05, 4.69) is 5.32 Å². The van der Waals surface area contributed by atoms with Crippen molar-refractivity contribution in [3.05, 3.63) is 35.4 Å². The van der Waals surface area contributed by atoms with Crippen molar-refractivity contribution < 1.29 is 13.6 Å². The summed E-state index contributed by atoms with van der Waals surface area (Å²) >= 11 is 0. The normalized spacial score (nSPS) is 24.6. The predicted octanol–water partition coefficient (Wildman–Crippen LogP) is 1.29. The Morgan fingerprint density at radius 3 is 2.76 bits per heavy atom. The summed E-state index contributed by atoms with van der Waals surface area (Å²) in [5.41, 5.74) is 5.95. The van der Waals surface area contributed by atoms with Gasteiger partial charge in [-0.15, -0.1) is 0 Å². The van der Waals surface area contributed by atoms with E-state index in [9.17, 15) is 13.6 Å². The van der Waals surface area contributed by atoms with Gasteiger partial charge < -0.3 is 11.1 Å². The standard InChI is InChI=1S/C12H14F2N2O/c13-9-2-1-7(5-10(9)14)8-3-4-16-11(6-8)12(15)17/h1-2,5,8,11,16H,3-4,6H2,(H2,15,17). The van der Waals surface area contributed by atoms with Crippen LogP contribution in [0.15, 0.2) is 18.2 Å². The van der Waals surface area contributed by atoms with Gasteiger partial charge in [0, 0.05) is 0 Å². The van der Waals surface area contributed by atoms with Crippen LogP contribution >= 0.6 is 0 Å². The Labute approximate surface area is 98.0 Å². The van der Waals surface area contributed by atoms with E-state index in [-0.39, 0.29) is 12.0 Å². The zero-order valence-electron chi connectivity index (χ0n) is 9.25. The van der Waals surface area contributed by atoms with Crippen LogP contribution in [0.1, 0.15) is 24.3 Å². The van der Waals surface area contributed by atoms with Crippen molar-refractivity contribution in [1.82, 2.24) is 5.32 Å². The summed E-state index contributed by atoms with van der Waals surface area (Å²) in [6, 6.07) is 3.49. The van der Waals surface area contributed by atoms with E-state index in [1.807, 2.05) is 0 Å². The summed E-state index contributed by atoms with van der Waals surface area (Å²) in [6.07, 6.45) is 1.31. The van der Waals surface area contributed by atoms with Crippen molar-refractivity contribution in [3.63, 3.8) is 0 Å². The summed E-state index contributed by atoms with van der Waals surface area (Å²) in [6.45, 7) is 0.650. The Balaban J connectivity index is 2.16. The van der Waals surface area contributed by atoms with Gasteiger partial charge in [-0.1, -0.05) is 6.07 Å². The first-order chi connectivity index (χ1) is 8.08. The largest absolute Gasteiger partial charge is 0.368 e. The summed E-state index contributed by atoms with van der Waals surface area (Å²) in [5.74, 6) is -2.06. The molecule has 1 aromatic carbocycles. The molecule has 2 unspecified atom stereocenters. The van der Waals surface area contributed by atoms with E-state index in [0.717, 1.165) is 18.1 Å². The molecule has 3 nitrogen and oxygen atoms in total. The Bertz CT molecular complexity index is 437. The molecule has 17 heavy (non-hydrogen) atoms. The van der Waals surface area contributed by atoms with Crippen molar-refractivity contribution in [1.29, 1.82) is 0 Å². The van der Waals surface area contributed by atoms with Gasteiger partial charge in [0.15, 0.2) is 11.6 Å². The van der Waals surface area contributed by atoms with Gasteiger partial charge in [-0.25, -0.2) is 8.78 Å². The van der Waals surface area contributed by atoms with Gasteiger partial charge in [-0.2, -0.15) is 0 Å². The SMILES string of the molecule is NC(=O)C1CC(c2ccc(F)c(F)c2)CCN1. The van der Waals surface area contributed by atoms with E-state index in [1.54, 1.807) is 6.07 Å². The molecule has 2 rings (SSSR count). The smallest absolute Gasteiger partial charge is 0.234 e. The van der Waals surface area contributed by atoms with Crippen LogP contribution in [0.3, 0.4) is 0 Å². The second-order valence-corrected chi connectivity index (χ2v) is 4.30. The first-order valence-corrected chi connectivity index (χ1v) is 5.55. The van der Waals surface area contributed by atoms with Crippen LogP contribution < -0.4 is 11.1 Å². The van der Waals surface area contributed by atoms with Crippen LogP contribution in [0.5, 0.6) is 0 Å². The fourth-order valence-corrected chi connectivity index (χ4v) is 2.20. The molecule has 0 spiro atoms. The first kappa shape index (κ1) is 12.0. The van der Waals surface area contributed by atoms with Crippen LogP contribution in [0, 0.1) is 11.6 Å². The van der Waals surface area contributed by atoms with Gasteiger partial charge in [0.1, 0.15) is 0 Å². The van der Waals surface area contributed by atoms with Crippen LogP contribution in [-0.4, -0.2) is 18.5 Å². The number of carbonyl (C=O) groups excluding carboxylic acids is 1. The maximum absolute atomic E-state index is 13.1. The molecule has 1 aliphatic rings. The lowest BCUT2D eigenvalue weighted by atomic mass is 9.86. The number of rotatable bonds is 2. The molecule has 1 aliphatic heterocycles. The monoisotopic (exact) mass is 240 g/mol. The van der Waals surface area contributed by atoms with Crippen LogP contribution in [0.2, 0.25) is 0 Å². The number of hydrogen-bond donors (Lipinski definition) is 2. The topological polar surface area (TPSA) is 55.1 Å². The third-order valence-electron chi connectivity index (χ3n) is 3.16. The Morgan fingerprint density at radius 2 is 2.12 bits per heavy atom. The van der Waals surface area contributed by atoms with Crippen molar-refractivity contribution in [2.75, 3.05) is 6.54 Å². The number of benzene rings is 1. The number of hydrogen-bond acceptors (Lipinski definition) is 2. The number of primary amides is 1. The second-order valence-electron chi connectivity index (χ2n) is 4.30. The summed E-state index contributed by atoms with van der Waals surface area (Å²) < 4.78 is 25.9. The molecule has 0 radical (unpaired) electrons. The molecule has 2 atom stereocenters. The van der Waals surface area contributed by atoms with Gasteiger partial charge in [-0.3, -0.25) is 4.79 Å². The molecular formula is C12H14F2N2O. The number of halogens is 2. The zero-order chi connectivity index (χ0) is 12.4. The minimum Gasteiger partial charge on any atom is -0.368 e. The average molecular weight is 240 g/mol. The van der Waals surface area contributed by atoms with E-state index in [4.69, 9.17) is 5.73 Å². The molecule has 0 aliphatic carbocycles. The van der Waals surface area contributed by atoms with Crippen molar-refractivity contribution in [2.45, 2.75) is 24.8 Å². The van der Waals surface area contributed by atoms with Crippen LogP contribution in [0.4, 0.5) is 8.78 Å². The van der Waals surface area contributed by atoms with E-state index >= 15 is 0 Å². The summed E-state index contributed by atoms with van der Waals surface area (Å²) in [4.78, 5) is 11.1. The highest BCUT2D eigenvalue weighted by Gasteiger charge is 2.26. The fourth-order valence-electron chi connectivity index (χ4n) is 2.20. The van der Waals surface area contributed by atoms with E-state index < -0.39 is 17.5 Å². The Kier molecular flexibility index (Phi) is 3.38. The molecule has 1 saturated heterocycles. The molecule has 0 saturated carbocycles. The molecule has 0 bridgehead atoms. The molecule has 1 aromatic rings. The number of nitrogens with one attached hydrogen (secondary N) is 1. The molecule has 1 amide bonds. The number of carbonyl (C=O) groups is 1. The molecule has 1 heterocycles. The highest BCUT2D eigenvalue weighted by atomic mass is 19.2. The maximum atomic E-state index is 13.1. The van der Waals surface area contributed by atoms with Gasteiger partial charge in [0.05, 0.1) is 6.04 Å². The van der Waals surface area contributed by atoms with Crippen molar-refractivity contribution in [2.24, 2.45) is 5.73 Å². The minimum atomic E-state index is -0.853. The third kappa shape index (κ3) is 2.61. The number of amides is 1. The highest BCUT2D eigenvalue weighted by molar-refractivity contribution is 5.80.